The number of nitrogens with one attached hydrogen (secondary N) is 1. The van der Waals surface area contributed by atoms with Crippen LogP contribution in [0.2, 0.25) is 0 Å². The van der Waals surface area contributed by atoms with Gasteiger partial charge in [0.1, 0.15) is 6.04 Å². The Morgan fingerprint density at radius 1 is 1.16 bits per heavy atom. The van der Waals surface area contributed by atoms with E-state index in [1.54, 1.807) is 0 Å². The number of hydrogen-bond acceptors (Lipinski definition) is 5. The lowest BCUT2D eigenvalue weighted by molar-refractivity contribution is -0.141. The van der Waals surface area contributed by atoms with Crippen LogP contribution in [0, 0.1) is 5.92 Å². The molecule has 2 rings (SSSR count). The van der Waals surface area contributed by atoms with Gasteiger partial charge in [-0.3, -0.25) is 14.4 Å². The predicted molar refractivity (Wildman–Crippen MR) is 64.7 cm³/mol. The van der Waals surface area contributed by atoms with Gasteiger partial charge in [-0.1, -0.05) is 19.3 Å². The van der Waals surface area contributed by atoms with E-state index in [4.69, 9.17) is 3.79 Å². The third-order valence-electron chi connectivity index (χ3n) is 3.29. The minimum atomic E-state index is -1.08. The van der Waals surface area contributed by atoms with Gasteiger partial charge >= 0.3 is 15.9 Å². The summed E-state index contributed by atoms with van der Waals surface area (Å²) in [5.41, 5.74) is 0. The Morgan fingerprint density at radius 2 is 1.84 bits per heavy atom. The molecule has 0 aromatic carbocycles. The fourth-order valence-corrected chi connectivity index (χ4v) is 2.78. The fourth-order valence-electron chi connectivity index (χ4n) is 2.27. The molecule has 105 valence electrons. The van der Waals surface area contributed by atoms with E-state index in [9.17, 15) is 14.4 Å². The van der Waals surface area contributed by atoms with Crippen LogP contribution < -0.4 is 5.32 Å². The van der Waals surface area contributed by atoms with Gasteiger partial charge in [0.2, 0.25) is 5.91 Å². The summed E-state index contributed by atoms with van der Waals surface area (Å²) in [7, 11) is 0. The van der Waals surface area contributed by atoms with Crippen LogP contribution in [-0.2, 0) is 22.0 Å². The summed E-state index contributed by atoms with van der Waals surface area (Å²) < 4.78 is 9.44. The molecule has 1 unspecified atom stereocenters. The Labute approximate surface area is 117 Å². The van der Waals surface area contributed by atoms with Crippen molar-refractivity contribution in [2.75, 3.05) is 0 Å². The monoisotopic (exact) mass is 286 g/mol. The summed E-state index contributed by atoms with van der Waals surface area (Å²) in [5.74, 6) is -1.26. The third kappa shape index (κ3) is 4.49. The Bertz CT molecular complexity index is 355. The quantitative estimate of drug-likeness (QED) is 0.671. The Hall–Kier alpha value is -1.10. The largest absolute Gasteiger partial charge is 0.885 e. The van der Waals surface area contributed by atoms with Crippen molar-refractivity contribution in [2.45, 2.75) is 44.6 Å². The zero-order valence-electron chi connectivity index (χ0n) is 10.5. The summed E-state index contributed by atoms with van der Waals surface area (Å²) >= 11 is -1.08. The van der Waals surface area contributed by atoms with Gasteiger partial charge in [0.25, 0.3) is 11.9 Å². The Kier molecular flexibility index (Phi) is 6.28. The molecule has 1 aliphatic heterocycles. The fraction of sp³-hybridized carbons (Fsp3) is 0.727. The van der Waals surface area contributed by atoms with E-state index in [1.807, 2.05) is 0 Å². The van der Waals surface area contributed by atoms with Gasteiger partial charge < -0.3 is 18.4 Å². The Morgan fingerprint density at radius 3 is 2.53 bits per heavy atom. The first-order chi connectivity index (χ1) is 8.66. The Balaban J connectivity index is 0.00000180. The van der Waals surface area contributed by atoms with E-state index < -0.39 is 33.9 Å². The molecule has 2 aliphatic rings. The van der Waals surface area contributed by atoms with Gasteiger partial charge in [0.15, 0.2) is 0 Å². The average molecular weight is 286 g/mol. The number of carbonyl (C=O) groups excluding carboxylic acids is 3. The van der Waals surface area contributed by atoms with Crippen LogP contribution in [0.15, 0.2) is 0 Å². The van der Waals surface area contributed by atoms with Crippen LogP contribution in [0.5, 0.6) is 0 Å². The molecule has 8 heteroatoms. The maximum Gasteiger partial charge on any atom is 0.885 e. The molecule has 1 aliphatic carbocycles. The van der Waals surface area contributed by atoms with Crippen molar-refractivity contribution in [3.8, 4) is 0 Å². The molecule has 1 amide bonds. The van der Waals surface area contributed by atoms with Crippen molar-refractivity contribution in [3.05, 3.63) is 0 Å². The summed E-state index contributed by atoms with van der Waals surface area (Å²) in [4.78, 5) is 34.7. The van der Waals surface area contributed by atoms with E-state index in [0.717, 1.165) is 32.1 Å². The summed E-state index contributed by atoms with van der Waals surface area (Å²) in [6.07, 6.45) is 4.81. The molecular weight excluding hydrogens is 269 g/mol. The molecule has 1 saturated heterocycles. The maximum atomic E-state index is 12.0. The number of hydrogen-bond donors (Lipinski definition) is 1. The van der Waals surface area contributed by atoms with Gasteiger partial charge in [0, 0.05) is 5.92 Å². The van der Waals surface area contributed by atoms with Gasteiger partial charge in [-0.05, 0) is 12.8 Å². The first-order valence-electron chi connectivity index (χ1n) is 6.19. The lowest BCUT2D eigenvalue weighted by atomic mass is 9.88. The van der Waals surface area contributed by atoms with Crippen LogP contribution in [-0.4, -0.2) is 45.3 Å². The normalized spacial score (nSPS) is 24.1. The first-order valence-corrected chi connectivity index (χ1v) is 7.13. The molecule has 0 bridgehead atoms. The number of rotatable bonds is 2. The number of carbonyl (C=O) groups is 3. The highest BCUT2D eigenvalue weighted by Crippen LogP contribution is 2.23. The lowest BCUT2D eigenvalue weighted by Crippen LogP contribution is -2.45. The minimum Gasteiger partial charge on any atom is -0.589 e. The van der Waals surface area contributed by atoms with Crippen LogP contribution in [0.3, 0.4) is 0 Å². The highest BCUT2D eigenvalue weighted by atomic mass is 27.2. The van der Waals surface area contributed by atoms with Gasteiger partial charge in [-0.15, -0.1) is 0 Å². The molecule has 1 heterocycles. The van der Waals surface area contributed by atoms with Crippen LogP contribution in [0.25, 0.3) is 0 Å². The molecular formula is C11H17AlNO6. The van der Waals surface area contributed by atoms with Crippen molar-refractivity contribution in [1.29, 1.82) is 0 Å². The van der Waals surface area contributed by atoms with E-state index in [1.165, 1.54) is 0 Å². The summed E-state index contributed by atoms with van der Waals surface area (Å²) in [6, 6.07) is -0.887. The highest BCUT2D eigenvalue weighted by molar-refractivity contribution is 6.27. The predicted octanol–water partition coefficient (Wildman–Crippen LogP) is -0.749. The molecule has 19 heavy (non-hydrogen) atoms. The van der Waals surface area contributed by atoms with Crippen molar-refractivity contribution in [2.24, 2.45) is 5.92 Å². The van der Waals surface area contributed by atoms with E-state index >= 15 is 0 Å². The van der Waals surface area contributed by atoms with Crippen molar-refractivity contribution >= 4 is 33.7 Å². The molecule has 7 nitrogen and oxygen atoms in total. The van der Waals surface area contributed by atoms with Gasteiger partial charge in [0.05, 0.1) is 6.42 Å². The van der Waals surface area contributed by atoms with Crippen LogP contribution in [0.4, 0.5) is 0 Å². The standard InChI is InChI=1S/C11H17NO5.Al.H2O/c13-9(14)6-8(11(16)17)12-10(15)7-4-2-1-3-5-7;;/h7-8H,1-6H2,(H,12,15)(H,13,14)(H,16,17);;1H2/q;+2;/p-2. The van der Waals surface area contributed by atoms with Crippen LogP contribution in [0.1, 0.15) is 38.5 Å². The van der Waals surface area contributed by atoms with E-state index in [-0.39, 0.29) is 23.7 Å². The smallest absolute Gasteiger partial charge is 0.589 e. The van der Waals surface area contributed by atoms with Crippen molar-refractivity contribution in [1.82, 2.24) is 5.32 Å². The van der Waals surface area contributed by atoms with Crippen molar-refractivity contribution < 1.29 is 27.4 Å². The maximum absolute atomic E-state index is 12.0. The molecule has 1 saturated carbocycles. The molecule has 0 aromatic rings. The molecule has 0 spiro atoms. The van der Waals surface area contributed by atoms with E-state index in [2.05, 4.69) is 9.11 Å². The molecule has 1 atom stereocenters. The second kappa shape index (κ2) is 7.48. The third-order valence-corrected chi connectivity index (χ3v) is 3.98. The summed E-state index contributed by atoms with van der Waals surface area (Å²) in [6.45, 7) is 0. The topological polar surface area (TPSA) is 113 Å². The lowest BCUT2D eigenvalue weighted by Gasteiger charge is -2.23. The molecule has 2 fully saturated rings. The zero-order valence-corrected chi connectivity index (χ0v) is 11.7. The molecule has 0 aromatic heterocycles. The first kappa shape index (κ1) is 16.0. The van der Waals surface area contributed by atoms with Gasteiger partial charge in [-0.25, -0.2) is 0 Å². The highest BCUT2D eigenvalue weighted by Gasteiger charge is 2.33. The molecule has 1 radical (unpaired) electrons. The number of amides is 1. The second-order valence-electron chi connectivity index (χ2n) is 4.62. The second-order valence-corrected chi connectivity index (χ2v) is 5.29. The minimum absolute atomic E-state index is 0. The summed E-state index contributed by atoms with van der Waals surface area (Å²) in [5, 5.41) is 2.61. The van der Waals surface area contributed by atoms with Crippen molar-refractivity contribution in [3.63, 3.8) is 0 Å². The average Bonchev–Trinajstić information content (AvgIpc) is 2.53. The zero-order chi connectivity index (χ0) is 13.0. The van der Waals surface area contributed by atoms with E-state index in [0.29, 0.717) is 0 Å². The van der Waals surface area contributed by atoms with Gasteiger partial charge in [-0.2, -0.15) is 0 Å². The SMILES string of the molecule is O.O=C1CC(NC(=O)C2CCCCC2)C(=O)[O][Al][O]1. The van der Waals surface area contributed by atoms with Crippen LogP contribution >= 0.6 is 0 Å². The molecule has 3 N–H and O–H groups in total.